The molecule has 0 unspecified atom stereocenters. The van der Waals surface area contributed by atoms with Gasteiger partial charge in [-0.2, -0.15) is 11.9 Å². The molecule has 2 nitrogen and oxygen atoms in total. The third-order valence-corrected chi connectivity index (χ3v) is 7.78. The molecular formula is C12H22NOSi-. The average Bonchev–Trinajstić information content (AvgIpc) is 2.54. The van der Waals surface area contributed by atoms with E-state index < -0.39 is 8.32 Å². The second-order valence-corrected chi connectivity index (χ2v) is 10.3. The molecule has 0 spiro atoms. The Balaban J connectivity index is 2.37. The van der Waals surface area contributed by atoms with Gasteiger partial charge in [0.15, 0.2) is 8.32 Å². The minimum atomic E-state index is -1.57. The molecule has 0 atom stereocenters. The van der Waals surface area contributed by atoms with Gasteiger partial charge in [-0.3, -0.25) is 0 Å². The highest BCUT2D eigenvalue weighted by atomic mass is 28.4. The Labute approximate surface area is 94.2 Å². The average molecular weight is 224 g/mol. The molecule has 0 N–H and O–H groups in total. The third kappa shape index (κ3) is 3.50. The molecule has 0 aliphatic heterocycles. The van der Waals surface area contributed by atoms with Gasteiger partial charge in [0, 0.05) is 6.61 Å². The quantitative estimate of drug-likeness (QED) is 0.733. The lowest BCUT2D eigenvalue weighted by molar-refractivity contribution is 0.291. The first kappa shape index (κ1) is 12.5. The van der Waals surface area contributed by atoms with Crippen molar-refractivity contribution in [1.82, 2.24) is 4.98 Å². The minimum Gasteiger partial charge on any atom is -0.667 e. The summed E-state index contributed by atoms with van der Waals surface area (Å²) in [5.41, 5.74) is 1.13. The van der Waals surface area contributed by atoms with Gasteiger partial charge in [-0.15, -0.1) is 0 Å². The smallest absolute Gasteiger partial charge is 0.191 e. The summed E-state index contributed by atoms with van der Waals surface area (Å²) in [4.78, 5) is 4.23. The molecule has 15 heavy (non-hydrogen) atoms. The molecule has 0 amide bonds. The summed E-state index contributed by atoms with van der Waals surface area (Å²) in [5, 5.41) is 0.298. The van der Waals surface area contributed by atoms with Crippen LogP contribution in [0.3, 0.4) is 0 Å². The molecule has 3 heteroatoms. The predicted octanol–water partition coefficient (Wildman–Crippen LogP) is 3.21. The van der Waals surface area contributed by atoms with Gasteiger partial charge in [-0.1, -0.05) is 32.9 Å². The molecule has 0 saturated carbocycles. The molecule has 1 rings (SSSR count). The molecule has 1 aromatic heterocycles. The summed E-state index contributed by atoms with van der Waals surface area (Å²) in [6, 6.07) is 4.02. The summed E-state index contributed by atoms with van der Waals surface area (Å²) >= 11 is 0. The highest BCUT2D eigenvalue weighted by Gasteiger charge is 2.36. The normalized spacial score (nSPS) is 13.1. The Hall–Kier alpha value is -0.543. The van der Waals surface area contributed by atoms with E-state index in [4.69, 9.17) is 4.43 Å². The molecule has 86 valence electrons. The Morgan fingerprint density at radius 3 is 2.47 bits per heavy atom. The van der Waals surface area contributed by atoms with Crippen LogP contribution in [-0.4, -0.2) is 14.9 Å². The van der Waals surface area contributed by atoms with Crippen LogP contribution < -0.4 is 4.98 Å². The fourth-order valence-corrected chi connectivity index (χ4v) is 2.16. The van der Waals surface area contributed by atoms with Crippen molar-refractivity contribution in [2.24, 2.45) is 0 Å². The molecule has 1 heterocycles. The number of hydrogen-bond donors (Lipinski definition) is 0. The SMILES string of the molecule is CC(C)(C)[Si](C)(C)OCCc1ccc[n-]1. The fraction of sp³-hybridized carbons (Fsp3) is 0.667. The van der Waals surface area contributed by atoms with E-state index in [0.717, 1.165) is 18.7 Å². The van der Waals surface area contributed by atoms with Gasteiger partial charge in [0.2, 0.25) is 0 Å². The van der Waals surface area contributed by atoms with Crippen LogP contribution in [0.1, 0.15) is 26.5 Å². The maximum Gasteiger partial charge on any atom is 0.191 e. The molecule has 0 radical (unpaired) electrons. The summed E-state index contributed by atoms with van der Waals surface area (Å²) in [6.45, 7) is 12.2. The topological polar surface area (TPSA) is 23.3 Å². The van der Waals surface area contributed by atoms with E-state index in [-0.39, 0.29) is 0 Å². The van der Waals surface area contributed by atoms with Gasteiger partial charge in [-0.05, 0) is 24.6 Å². The van der Waals surface area contributed by atoms with Gasteiger partial charge in [0.25, 0.3) is 0 Å². The Bertz CT molecular complexity index is 285. The van der Waals surface area contributed by atoms with Gasteiger partial charge < -0.3 is 9.41 Å². The van der Waals surface area contributed by atoms with Crippen LogP contribution in [0.25, 0.3) is 0 Å². The molecule has 0 aromatic carbocycles. The van der Waals surface area contributed by atoms with Crippen LogP contribution >= 0.6 is 0 Å². The first-order valence-corrected chi connectivity index (χ1v) is 8.44. The Kier molecular flexibility index (Phi) is 3.79. The van der Waals surface area contributed by atoms with E-state index in [1.54, 1.807) is 0 Å². The van der Waals surface area contributed by atoms with Crippen LogP contribution in [0.2, 0.25) is 18.1 Å². The fourth-order valence-electron chi connectivity index (χ4n) is 1.11. The third-order valence-electron chi connectivity index (χ3n) is 3.24. The van der Waals surface area contributed by atoms with Gasteiger partial charge in [-0.25, -0.2) is 0 Å². The van der Waals surface area contributed by atoms with Crippen molar-refractivity contribution in [1.29, 1.82) is 0 Å². The molecule has 1 aromatic rings. The number of rotatable bonds is 4. The van der Waals surface area contributed by atoms with E-state index in [9.17, 15) is 0 Å². The van der Waals surface area contributed by atoms with Gasteiger partial charge in [0.05, 0.1) is 0 Å². The standard InChI is InChI=1S/C12H22NOSi/c1-12(2,3)15(4,5)14-10-8-11-7-6-9-13-11/h6-7,9H,8,10H2,1-5H3/q-1. The van der Waals surface area contributed by atoms with Gasteiger partial charge >= 0.3 is 0 Å². The number of nitrogens with zero attached hydrogens (tertiary/aromatic N) is 1. The largest absolute Gasteiger partial charge is 0.667 e. The van der Waals surface area contributed by atoms with Crippen molar-refractivity contribution in [3.63, 3.8) is 0 Å². The lowest BCUT2D eigenvalue weighted by atomic mass is 10.2. The Morgan fingerprint density at radius 1 is 1.33 bits per heavy atom. The highest BCUT2D eigenvalue weighted by molar-refractivity contribution is 6.74. The van der Waals surface area contributed by atoms with Crippen LogP contribution in [0.4, 0.5) is 0 Å². The minimum absolute atomic E-state index is 0.298. The zero-order chi connectivity index (χ0) is 11.5. The maximum atomic E-state index is 6.07. The summed E-state index contributed by atoms with van der Waals surface area (Å²) in [5.74, 6) is 0. The molecule has 0 bridgehead atoms. The first-order chi connectivity index (χ1) is 6.83. The molecular weight excluding hydrogens is 202 g/mol. The second kappa shape index (κ2) is 4.54. The summed E-state index contributed by atoms with van der Waals surface area (Å²) in [7, 11) is -1.57. The maximum absolute atomic E-state index is 6.07. The summed E-state index contributed by atoms with van der Waals surface area (Å²) in [6.07, 6.45) is 2.77. The van der Waals surface area contributed by atoms with Crippen LogP contribution in [-0.2, 0) is 10.8 Å². The lowest BCUT2D eigenvalue weighted by Gasteiger charge is -2.36. The zero-order valence-electron chi connectivity index (χ0n) is 10.5. The van der Waals surface area contributed by atoms with Crippen molar-refractivity contribution >= 4 is 8.32 Å². The molecule has 0 fully saturated rings. The van der Waals surface area contributed by atoms with Crippen molar-refractivity contribution in [2.45, 2.75) is 45.3 Å². The second-order valence-electron chi connectivity index (χ2n) is 5.49. The lowest BCUT2D eigenvalue weighted by Crippen LogP contribution is -2.41. The van der Waals surface area contributed by atoms with Gasteiger partial charge in [0.1, 0.15) is 0 Å². The van der Waals surface area contributed by atoms with Crippen molar-refractivity contribution in [3.05, 3.63) is 24.0 Å². The van der Waals surface area contributed by atoms with E-state index in [0.29, 0.717) is 5.04 Å². The highest BCUT2D eigenvalue weighted by Crippen LogP contribution is 2.36. The number of hydrogen-bond acceptors (Lipinski definition) is 1. The predicted molar refractivity (Wildman–Crippen MR) is 66.6 cm³/mol. The number of aromatic nitrogens is 1. The molecule has 0 aliphatic rings. The van der Waals surface area contributed by atoms with E-state index in [1.807, 2.05) is 12.3 Å². The van der Waals surface area contributed by atoms with Crippen LogP contribution in [0.15, 0.2) is 18.3 Å². The van der Waals surface area contributed by atoms with Crippen molar-refractivity contribution < 1.29 is 4.43 Å². The molecule has 0 saturated heterocycles. The summed E-state index contributed by atoms with van der Waals surface area (Å²) < 4.78 is 6.07. The van der Waals surface area contributed by atoms with Crippen molar-refractivity contribution in [3.8, 4) is 0 Å². The monoisotopic (exact) mass is 224 g/mol. The van der Waals surface area contributed by atoms with E-state index >= 15 is 0 Å². The van der Waals surface area contributed by atoms with E-state index in [2.05, 4.69) is 44.9 Å². The zero-order valence-corrected chi connectivity index (χ0v) is 11.5. The Morgan fingerprint density at radius 2 is 2.00 bits per heavy atom. The molecule has 0 aliphatic carbocycles. The first-order valence-electron chi connectivity index (χ1n) is 5.53. The van der Waals surface area contributed by atoms with Crippen molar-refractivity contribution in [2.75, 3.05) is 6.61 Å². The van der Waals surface area contributed by atoms with E-state index in [1.165, 1.54) is 0 Å². The van der Waals surface area contributed by atoms with Crippen LogP contribution in [0, 0.1) is 0 Å². The van der Waals surface area contributed by atoms with Crippen LogP contribution in [0.5, 0.6) is 0 Å².